The second-order valence-corrected chi connectivity index (χ2v) is 7.05. The smallest absolute Gasteiger partial charge is 0.147 e. The summed E-state index contributed by atoms with van der Waals surface area (Å²) in [6.45, 7) is 4.19. The van der Waals surface area contributed by atoms with Crippen LogP contribution in [-0.2, 0) is 6.42 Å². The largest absolute Gasteiger partial charge is 0.316 e. The van der Waals surface area contributed by atoms with Crippen LogP contribution in [0.2, 0.25) is 0 Å². The average Bonchev–Trinajstić information content (AvgIpc) is 2.82. The number of halogens is 2. The monoisotopic (exact) mass is 403 g/mol. The summed E-state index contributed by atoms with van der Waals surface area (Å²) in [5, 5.41) is 13.9. The van der Waals surface area contributed by atoms with Crippen molar-refractivity contribution in [2.45, 2.75) is 19.8 Å². The topological polar surface area (TPSA) is 37.8 Å². The predicted octanol–water partition coefficient (Wildman–Crippen LogP) is 4.27. The summed E-state index contributed by atoms with van der Waals surface area (Å²) in [5.74, 6) is 0. The number of hydrogen-bond acceptors (Lipinski definition) is 4. The van der Waals surface area contributed by atoms with Crippen molar-refractivity contribution in [2.75, 3.05) is 13.1 Å². The first-order chi connectivity index (χ1) is 9.19. The van der Waals surface area contributed by atoms with Gasteiger partial charge in [-0.2, -0.15) is 0 Å². The second kappa shape index (κ2) is 7.47. The van der Waals surface area contributed by atoms with Gasteiger partial charge in [0.25, 0.3) is 0 Å². The van der Waals surface area contributed by atoms with Crippen LogP contribution in [0.15, 0.2) is 27.1 Å². The zero-order chi connectivity index (χ0) is 13.7. The SMILES string of the molecule is CCCNCCc1nnc(-c2cc(Br)cc(Br)c2)s1. The van der Waals surface area contributed by atoms with Gasteiger partial charge in [-0.1, -0.05) is 50.1 Å². The summed E-state index contributed by atoms with van der Waals surface area (Å²) in [6, 6.07) is 6.13. The molecule has 0 saturated carbocycles. The predicted molar refractivity (Wildman–Crippen MR) is 87.6 cm³/mol. The summed E-state index contributed by atoms with van der Waals surface area (Å²) in [6.07, 6.45) is 2.10. The van der Waals surface area contributed by atoms with E-state index in [1.807, 2.05) is 6.07 Å². The Morgan fingerprint density at radius 2 is 1.84 bits per heavy atom. The van der Waals surface area contributed by atoms with Crippen LogP contribution in [0.1, 0.15) is 18.4 Å². The van der Waals surface area contributed by atoms with E-state index in [2.05, 4.69) is 66.4 Å². The molecule has 0 atom stereocenters. The molecular formula is C13H15Br2N3S. The van der Waals surface area contributed by atoms with Crippen molar-refractivity contribution in [3.63, 3.8) is 0 Å². The lowest BCUT2D eigenvalue weighted by atomic mass is 10.2. The molecule has 3 nitrogen and oxygen atoms in total. The molecule has 0 unspecified atom stereocenters. The van der Waals surface area contributed by atoms with Gasteiger partial charge in [-0.3, -0.25) is 0 Å². The molecule has 19 heavy (non-hydrogen) atoms. The Balaban J connectivity index is 2.03. The van der Waals surface area contributed by atoms with Crippen molar-refractivity contribution < 1.29 is 0 Å². The van der Waals surface area contributed by atoms with Crippen molar-refractivity contribution in [1.82, 2.24) is 15.5 Å². The van der Waals surface area contributed by atoms with Crippen molar-refractivity contribution in [3.05, 3.63) is 32.2 Å². The Kier molecular flexibility index (Phi) is 5.94. The number of hydrogen-bond donors (Lipinski definition) is 1. The first-order valence-electron chi connectivity index (χ1n) is 6.18. The molecule has 0 aliphatic heterocycles. The van der Waals surface area contributed by atoms with Gasteiger partial charge in [-0.05, 0) is 31.2 Å². The summed E-state index contributed by atoms with van der Waals surface area (Å²) in [4.78, 5) is 0. The Morgan fingerprint density at radius 3 is 2.53 bits per heavy atom. The molecule has 1 heterocycles. The molecule has 0 saturated heterocycles. The van der Waals surface area contributed by atoms with Gasteiger partial charge < -0.3 is 5.32 Å². The summed E-state index contributed by atoms with van der Waals surface area (Å²) < 4.78 is 2.08. The minimum absolute atomic E-state index is 0.937. The number of nitrogens with zero attached hydrogens (tertiary/aromatic N) is 2. The molecule has 102 valence electrons. The van der Waals surface area contributed by atoms with Gasteiger partial charge in [0.05, 0.1) is 0 Å². The van der Waals surface area contributed by atoms with Crippen LogP contribution in [-0.4, -0.2) is 23.3 Å². The van der Waals surface area contributed by atoms with Crippen molar-refractivity contribution >= 4 is 43.2 Å². The number of nitrogens with one attached hydrogen (secondary N) is 1. The van der Waals surface area contributed by atoms with Crippen LogP contribution in [0.25, 0.3) is 10.6 Å². The highest BCUT2D eigenvalue weighted by molar-refractivity contribution is 9.11. The molecular weight excluding hydrogens is 390 g/mol. The lowest BCUT2D eigenvalue weighted by molar-refractivity contribution is 0.668. The zero-order valence-corrected chi connectivity index (χ0v) is 14.6. The van der Waals surface area contributed by atoms with Crippen LogP contribution in [0.5, 0.6) is 0 Å². The average molecular weight is 405 g/mol. The fraction of sp³-hybridized carbons (Fsp3) is 0.385. The molecule has 6 heteroatoms. The van der Waals surface area contributed by atoms with E-state index in [0.717, 1.165) is 50.5 Å². The molecule has 2 rings (SSSR count). The van der Waals surface area contributed by atoms with Crippen LogP contribution in [0.3, 0.4) is 0 Å². The lowest BCUT2D eigenvalue weighted by Crippen LogP contribution is -2.17. The normalized spacial score (nSPS) is 10.9. The van der Waals surface area contributed by atoms with E-state index < -0.39 is 0 Å². The fourth-order valence-corrected chi connectivity index (χ4v) is 3.77. The number of benzene rings is 1. The third-order valence-corrected chi connectivity index (χ3v) is 4.47. The van der Waals surface area contributed by atoms with Gasteiger partial charge in [0.15, 0.2) is 0 Å². The van der Waals surface area contributed by atoms with Crippen LogP contribution in [0.4, 0.5) is 0 Å². The lowest BCUT2D eigenvalue weighted by Gasteiger charge is -1.99. The third-order valence-electron chi connectivity index (χ3n) is 2.52. The molecule has 0 aliphatic rings. The molecule has 0 amide bonds. The quantitative estimate of drug-likeness (QED) is 0.730. The number of aromatic nitrogens is 2. The fourth-order valence-electron chi connectivity index (χ4n) is 1.65. The highest BCUT2D eigenvalue weighted by Crippen LogP contribution is 2.29. The Hall–Kier alpha value is -0.300. The van der Waals surface area contributed by atoms with E-state index in [-0.39, 0.29) is 0 Å². The Morgan fingerprint density at radius 1 is 1.11 bits per heavy atom. The van der Waals surface area contributed by atoms with E-state index >= 15 is 0 Å². The number of rotatable bonds is 6. The van der Waals surface area contributed by atoms with Gasteiger partial charge in [0, 0.05) is 27.5 Å². The summed E-state index contributed by atoms with van der Waals surface area (Å²) in [5.41, 5.74) is 1.09. The van der Waals surface area contributed by atoms with Crippen molar-refractivity contribution in [1.29, 1.82) is 0 Å². The maximum absolute atomic E-state index is 4.27. The third kappa shape index (κ3) is 4.63. The van der Waals surface area contributed by atoms with Crippen molar-refractivity contribution in [2.24, 2.45) is 0 Å². The van der Waals surface area contributed by atoms with E-state index in [1.54, 1.807) is 11.3 Å². The van der Waals surface area contributed by atoms with Crippen molar-refractivity contribution in [3.8, 4) is 10.6 Å². The Labute approximate surface area is 134 Å². The van der Waals surface area contributed by atoms with Gasteiger partial charge in [-0.25, -0.2) is 0 Å². The van der Waals surface area contributed by atoms with E-state index in [0.29, 0.717) is 0 Å². The molecule has 1 aromatic heterocycles. The van der Waals surface area contributed by atoms with E-state index in [9.17, 15) is 0 Å². The molecule has 0 spiro atoms. The standard InChI is InChI=1S/C13H15Br2N3S/c1-2-4-16-5-3-12-17-18-13(19-12)9-6-10(14)8-11(15)7-9/h6-8,16H,2-5H2,1H3. The van der Waals surface area contributed by atoms with Crippen LogP contribution >= 0.6 is 43.2 Å². The molecule has 0 aliphatic carbocycles. The minimum atomic E-state index is 0.937. The maximum atomic E-state index is 4.27. The van der Waals surface area contributed by atoms with Gasteiger partial charge in [0.2, 0.25) is 0 Å². The van der Waals surface area contributed by atoms with Gasteiger partial charge >= 0.3 is 0 Å². The molecule has 0 radical (unpaired) electrons. The van der Waals surface area contributed by atoms with E-state index in [4.69, 9.17) is 0 Å². The minimum Gasteiger partial charge on any atom is -0.316 e. The Bertz CT molecular complexity index is 522. The van der Waals surface area contributed by atoms with E-state index in [1.165, 1.54) is 0 Å². The zero-order valence-electron chi connectivity index (χ0n) is 10.6. The summed E-state index contributed by atoms with van der Waals surface area (Å²) >= 11 is 8.64. The first kappa shape index (κ1) is 15.1. The highest BCUT2D eigenvalue weighted by Gasteiger charge is 2.08. The summed E-state index contributed by atoms with van der Waals surface area (Å²) in [7, 11) is 0. The molecule has 1 N–H and O–H groups in total. The molecule has 1 aromatic carbocycles. The van der Waals surface area contributed by atoms with Gasteiger partial charge in [0.1, 0.15) is 10.0 Å². The second-order valence-electron chi connectivity index (χ2n) is 4.16. The molecule has 0 bridgehead atoms. The maximum Gasteiger partial charge on any atom is 0.147 e. The first-order valence-corrected chi connectivity index (χ1v) is 8.59. The molecule has 2 aromatic rings. The molecule has 0 fully saturated rings. The van der Waals surface area contributed by atoms with Crippen LogP contribution < -0.4 is 5.32 Å². The van der Waals surface area contributed by atoms with Crippen LogP contribution in [0, 0.1) is 0 Å². The van der Waals surface area contributed by atoms with Gasteiger partial charge in [-0.15, -0.1) is 10.2 Å². The highest BCUT2D eigenvalue weighted by atomic mass is 79.9.